The van der Waals surface area contributed by atoms with E-state index in [-0.39, 0.29) is 5.78 Å². The van der Waals surface area contributed by atoms with Gasteiger partial charge in [-0.25, -0.2) is 0 Å². The summed E-state index contributed by atoms with van der Waals surface area (Å²) >= 11 is 12.0. The van der Waals surface area contributed by atoms with E-state index in [0.717, 1.165) is 34.6 Å². The lowest BCUT2D eigenvalue weighted by atomic mass is 10.0. The van der Waals surface area contributed by atoms with Gasteiger partial charge < -0.3 is 9.47 Å². The van der Waals surface area contributed by atoms with Gasteiger partial charge in [-0.05, 0) is 59.2 Å². The molecule has 5 heteroatoms. The zero-order valence-electron chi connectivity index (χ0n) is 19.2. The van der Waals surface area contributed by atoms with Gasteiger partial charge in [0.1, 0.15) is 18.1 Å². The van der Waals surface area contributed by atoms with E-state index in [2.05, 4.69) is 18.2 Å². The molecule has 3 nitrogen and oxygen atoms in total. The summed E-state index contributed by atoms with van der Waals surface area (Å²) in [6, 6.07) is 28.9. The molecule has 0 aromatic heterocycles. The number of ketones is 1. The number of carbonyl (C=O) groups is 1. The van der Waals surface area contributed by atoms with Crippen LogP contribution in [-0.4, -0.2) is 12.9 Å². The molecule has 0 aliphatic heterocycles. The molecule has 0 unspecified atom stereocenters. The molecule has 0 aliphatic rings. The van der Waals surface area contributed by atoms with E-state index in [1.807, 2.05) is 54.6 Å². The number of carbonyl (C=O) groups excluding carboxylic acids is 1. The molecule has 0 radical (unpaired) electrons. The van der Waals surface area contributed by atoms with Crippen molar-refractivity contribution in [2.24, 2.45) is 0 Å². The molecule has 0 amide bonds. The van der Waals surface area contributed by atoms with Crippen LogP contribution in [0.4, 0.5) is 0 Å². The maximum absolute atomic E-state index is 12.5. The Balaban J connectivity index is 1.49. The Labute approximate surface area is 215 Å². The van der Waals surface area contributed by atoms with Crippen molar-refractivity contribution in [2.75, 3.05) is 7.11 Å². The highest BCUT2D eigenvalue weighted by atomic mass is 35.5. The summed E-state index contributed by atoms with van der Waals surface area (Å²) < 4.78 is 11.7. The van der Waals surface area contributed by atoms with Crippen LogP contribution in [0.5, 0.6) is 11.5 Å². The Kier molecular flexibility index (Phi) is 8.25. The van der Waals surface area contributed by atoms with Crippen molar-refractivity contribution in [2.45, 2.75) is 13.0 Å². The minimum absolute atomic E-state index is 0.160. The van der Waals surface area contributed by atoms with Crippen LogP contribution in [0, 0.1) is 0 Å². The van der Waals surface area contributed by atoms with E-state index >= 15 is 0 Å². The fraction of sp³-hybridized carbons (Fsp3) is 0.100. The van der Waals surface area contributed by atoms with Gasteiger partial charge in [0.25, 0.3) is 0 Å². The molecule has 0 bridgehead atoms. The first kappa shape index (κ1) is 24.6. The predicted octanol–water partition coefficient (Wildman–Crippen LogP) is 8.07. The third-order valence-electron chi connectivity index (χ3n) is 5.53. The van der Waals surface area contributed by atoms with Gasteiger partial charge in [-0.3, -0.25) is 4.79 Å². The molecule has 0 fully saturated rings. The number of allylic oxidation sites excluding steroid dienone is 1. The summed E-state index contributed by atoms with van der Waals surface area (Å²) in [6.07, 6.45) is 4.06. The first-order valence-corrected chi connectivity index (χ1v) is 11.9. The number of rotatable bonds is 9. The van der Waals surface area contributed by atoms with E-state index in [9.17, 15) is 4.79 Å². The number of hydrogen-bond donors (Lipinski definition) is 0. The zero-order chi connectivity index (χ0) is 24.6. The number of para-hydroxylation sites is 1. The van der Waals surface area contributed by atoms with Crippen molar-refractivity contribution < 1.29 is 14.3 Å². The number of halogens is 2. The molecular weight excluding hydrogens is 479 g/mol. The molecule has 0 spiro atoms. The van der Waals surface area contributed by atoms with Gasteiger partial charge in [0.15, 0.2) is 5.78 Å². The summed E-state index contributed by atoms with van der Waals surface area (Å²) in [5.74, 6) is 1.39. The Morgan fingerprint density at radius 1 is 0.800 bits per heavy atom. The third-order valence-corrected chi connectivity index (χ3v) is 6.27. The smallest absolute Gasteiger partial charge is 0.185 e. The lowest BCUT2D eigenvalue weighted by Gasteiger charge is -2.14. The van der Waals surface area contributed by atoms with Crippen molar-refractivity contribution in [1.29, 1.82) is 0 Å². The average Bonchev–Trinajstić information content (AvgIpc) is 2.89. The van der Waals surface area contributed by atoms with Crippen molar-refractivity contribution in [3.8, 4) is 11.5 Å². The summed E-state index contributed by atoms with van der Waals surface area (Å²) in [4.78, 5) is 12.5. The average molecular weight is 503 g/mol. The second-order valence-corrected chi connectivity index (χ2v) is 8.77. The highest BCUT2D eigenvalue weighted by Gasteiger charge is 2.09. The molecule has 4 rings (SSSR count). The van der Waals surface area contributed by atoms with Gasteiger partial charge in [-0.15, -0.1) is 0 Å². The van der Waals surface area contributed by atoms with Crippen molar-refractivity contribution >= 4 is 35.1 Å². The Morgan fingerprint density at radius 3 is 2.34 bits per heavy atom. The second-order valence-electron chi connectivity index (χ2n) is 7.96. The van der Waals surface area contributed by atoms with Gasteiger partial charge in [0.2, 0.25) is 0 Å². The van der Waals surface area contributed by atoms with E-state index in [1.165, 1.54) is 11.6 Å². The number of ether oxygens (including phenoxy) is 2. The monoisotopic (exact) mass is 502 g/mol. The lowest BCUT2D eigenvalue weighted by molar-refractivity contribution is 0.104. The standard InChI is InChI=1S/C30H24Cl2O3/c1-34-29-16-12-22(11-15-28(33)23-13-14-26(31)27(32)19-23)18-25(29)20-35-30-10-6-5-9-24(30)17-21-7-3-2-4-8-21/h2-16,18-19H,17,20H2,1H3/b15-11+. The Hall–Kier alpha value is -3.53. The van der Waals surface area contributed by atoms with Crippen LogP contribution < -0.4 is 9.47 Å². The third kappa shape index (κ3) is 6.54. The number of benzene rings is 4. The van der Waals surface area contributed by atoms with Gasteiger partial charge >= 0.3 is 0 Å². The van der Waals surface area contributed by atoms with Gasteiger partial charge in [-0.2, -0.15) is 0 Å². The minimum Gasteiger partial charge on any atom is -0.496 e. The van der Waals surface area contributed by atoms with Gasteiger partial charge in [0, 0.05) is 17.5 Å². The van der Waals surface area contributed by atoms with Crippen molar-refractivity contribution in [3.63, 3.8) is 0 Å². The van der Waals surface area contributed by atoms with Gasteiger partial charge in [-0.1, -0.05) is 83.9 Å². The minimum atomic E-state index is -0.160. The topological polar surface area (TPSA) is 35.5 Å². The summed E-state index contributed by atoms with van der Waals surface area (Å²) in [5.41, 5.74) is 4.55. The van der Waals surface area contributed by atoms with Crippen LogP contribution in [0.3, 0.4) is 0 Å². The van der Waals surface area contributed by atoms with Crippen molar-refractivity contribution in [1.82, 2.24) is 0 Å². The second kappa shape index (κ2) is 11.7. The maximum atomic E-state index is 12.5. The molecular formula is C30H24Cl2O3. The summed E-state index contributed by atoms with van der Waals surface area (Å²) in [6.45, 7) is 0.331. The largest absolute Gasteiger partial charge is 0.496 e. The molecule has 0 aliphatic carbocycles. The van der Waals surface area contributed by atoms with E-state index < -0.39 is 0 Å². The summed E-state index contributed by atoms with van der Waals surface area (Å²) in [5, 5.41) is 0.764. The molecule has 0 atom stereocenters. The Bertz CT molecular complexity index is 1350. The number of hydrogen-bond acceptors (Lipinski definition) is 3. The molecule has 4 aromatic rings. The molecule has 35 heavy (non-hydrogen) atoms. The van der Waals surface area contributed by atoms with Crippen LogP contribution in [-0.2, 0) is 13.0 Å². The fourth-order valence-corrected chi connectivity index (χ4v) is 3.99. The van der Waals surface area contributed by atoms with E-state index in [1.54, 1.807) is 31.4 Å². The molecule has 0 saturated carbocycles. The predicted molar refractivity (Wildman–Crippen MR) is 143 cm³/mol. The molecule has 4 aromatic carbocycles. The first-order chi connectivity index (χ1) is 17.0. The van der Waals surface area contributed by atoms with Crippen molar-refractivity contribution in [3.05, 3.63) is 135 Å². The Morgan fingerprint density at radius 2 is 1.57 bits per heavy atom. The van der Waals surface area contributed by atoms with Crippen LogP contribution in [0.2, 0.25) is 10.0 Å². The molecule has 0 N–H and O–H groups in total. The first-order valence-electron chi connectivity index (χ1n) is 11.1. The molecule has 0 saturated heterocycles. The highest BCUT2D eigenvalue weighted by molar-refractivity contribution is 6.42. The van der Waals surface area contributed by atoms with Crippen LogP contribution in [0.25, 0.3) is 6.08 Å². The van der Waals surface area contributed by atoms with E-state index in [0.29, 0.717) is 22.2 Å². The maximum Gasteiger partial charge on any atom is 0.185 e. The van der Waals surface area contributed by atoms with Crippen LogP contribution >= 0.6 is 23.2 Å². The fourth-order valence-electron chi connectivity index (χ4n) is 3.69. The summed E-state index contributed by atoms with van der Waals surface area (Å²) in [7, 11) is 1.63. The molecule has 176 valence electrons. The van der Waals surface area contributed by atoms with E-state index in [4.69, 9.17) is 32.7 Å². The SMILES string of the molecule is COc1ccc(/C=C/C(=O)c2ccc(Cl)c(Cl)c2)cc1COc1ccccc1Cc1ccccc1. The lowest BCUT2D eigenvalue weighted by Crippen LogP contribution is -2.02. The highest BCUT2D eigenvalue weighted by Crippen LogP contribution is 2.27. The number of methoxy groups -OCH3 is 1. The quantitative estimate of drug-likeness (QED) is 0.171. The normalized spacial score (nSPS) is 10.9. The van der Waals surface area contributed by atoms with Crippen LogP contribution in [0.1, 0.15) is 32.6 Å². The zero-order valence-corrected chi connectivity index (χ0v) is 20.7. The molecule has 0 heterocycles. The van der Waals surface area contributed by atoms with Gasteiger partial charge in [0.05, 0.1) is 17.2 Å². The van der Waals surface area contributed by atoms with Crippen LogP contribution in [0.15, 0.2) is 97.1 Å².